The number of nitrogens with one attached hydrogen (secondary N) is 2. The van der Waals surface area contributed by atoms with Crippen LogP contribution in [0.1, 0.15) is 0 Å². The summed E-state index contributed by atoms with van der Waals surface area (Å²) >= 11 is 4.19. The highest BCUT2D eigenvalue weighted by molar-refractivity contribution is 9.11. The zero-order valence-corrected chi connectivity index (χ0v) is 10.6. The van der Waals surface area contributed by atoms with Crippen molar-refractivity contribution in [1.82, 2.24) is 9.71 Å². The molecule has 0 aromatic carbocycles. The van der Waals surface area contributed by atoms with Crippen LogP contribution in [0, 0.1) is 0 Å². The van der Waals surface area contributed by atoms with Gasteiger partial charge in [-0.25, -0.2) is 19.2 Å². The molecule has 0 aliphatic carbocycles. The summed E-state index contributed by atoms with van der Waals surface area (Å²) in [4.78, 5) is 14.4. The standard InChI is InChI=1S/C5H6BrN3O4S2/c1-13-5(10)9-15(11,12)8-4-7-2-3(6)14-4/h2H,1H3,(H,7,8)(H,9,10). The minimum absolute atomic E-state index is 0.137. The van der Waals surface area contributed by atoms with Crippen molar-refractivity contribution in [2.24, 2.45) is 0 Å². The Kier molecular flexibility index (Phi) is 3.88. The van der Waals surface area contributed by atoms with Crippen molar-refractivity contribution in [3.05, 3.63) is 9.98 Å². The van der Waals surface area contributed by atoms with Gasteiger partial charge in [0.05, 0.1) is 17.1 Å². The number of hydrogen-bond acceptors (Lipinski definition) is 6. The average Bonchev–Trinajstić information content (AvgIpc) is 2.49. The van der Waals surface area contributed by atoms with Crippen molar-refractivity contribution in [1.29, 1.82) is 0 Å². The van der Waals surface area contributed by atoms with Gasteiger partial charge in [0.25, 0.3) is 0 Å². The highest BCUT2D eigenvalue weighted by Crippen LogP contribution is 2.23. The third-order valence-corrected chi connectivity index (χ3v) is 3.52. The lowest BCUT2D eigenvalue weighted by atomic mass is 11.0. The topological polar surface area (TPSA) is 97.4 Å². The van der Waals surface area contributed by atoms with E-state index in [0.29, 0.717) is 3.79 Å². The van der Waals surface area contributed by atoms with Crippen molar-refractivity contribution in [2.45, 2.75) is 0 Å². The normalized spacial score (nSPS) is 10.8. The van der Waals surface area contributed by atoms with Crippen LogP contribution >= 0.6 is 27.3 Å². The molecule has 0 unspecified atom stereocenters. The number of anilines is 1. The minimum Gasteiger partial charge on any atom is -0.452 e. The van der Waals surface area contributed by atoms with Gasteiger partial charge in [0.2, 0.25) is 0 Å². The van der Waals surface area contributed by atoms with Crippen molar-refractivity contribution in [2.75, 3.05) is 11.8 Å². The molecule has 0 atom stereocenters. The van der Waals surface area contributed by atoms with Gasteiger partial charge in [-0.05, 0) is 15.9 Å². The second-order valence-corrected chi connectivity index (χ2v) is 5.99. The molecular weight excluding hydrogens is 310 g/mol. The van der Waals surface area contributed by atoms with Crippen LogP contribution in [-0.4, -0.2) is 26.6 Å². The van der Waals surface area contributed by atoms with E-state index in [0.717, 1.165) is 18.4 Å². The van der Waals surface area contributed by atoms with E-state index in [1.807, 2.05) is 4.72 Å². The van der Waals surface area contributed by atoms with E-state index in [9.17, 15) is 13.2 Å². The first-order valence-corrected chi connectivity index (χ1v) is 6.52. The number of amides is 1. The van der Waals surface area contributed by atoms with Crippen LogP contribution in [0.2, 0.25) is 0 Å². The molecule has 1 heterocycles. The van der Waals surface area contributed by atoms with Gasteiger partial charge >= 0.3 is 16.3 Å². The molecule has 1 rings (SSSR count). The van der Waals surface area contributed by atoms with Crippen LogP contribution in [0.4, 0.5) is 9.93 Å². The Balaban J connectivity index is 2.69. The molecule has 0 spiro atoms. The van der Waals surface area contributed by atoms with Crippen LogP contribution in [0.25, 0.3) is 0 Å². The molecule has 15 heavy (non-hydrogen) atoms. The Morgan fingerprint density at radius 3 is 2.80 bits per heavy atom. The molecule has 0 bridgehead atoms. The van der Waals surface area contributed by atoms with Gasteiger partial charge in [0.15, 0.2) is 5.13 Å². The van der Waals surface area contributed by atoms with Gasteiger partial charge in [-0.15, -0.1) is 0 Å². The smallest absolute Gasteiger partial charge is 0.422 e. The second-order valence-electron chi connectivity index (χ2n) is 2.17. The predicted octanol–water partition coefficient (Wildman–Crippen LogP) is 0.918. The first kappa shape index (κ1) is 12.2. The van der Waals surface area contributed by atoms with Crippen LogP contribution in [-0.2, 0) is 14.9 Å². The SMILES string of the molecule is COC(=O)NS(=O)(=O)Nc1ncc(Br)s1. The summed E-state index contributed by atoms with van der Waals surface area (Å²) < 4.78 is 30.9. The Bertz CT molecular complexity index is 457. The number of halogens is 1. The monoisotopic (exact) mass is 315 g/mol. The zero-order valence-electron chi connectivity index (χ0n) is 7.35. The third kappa shape index (κ3) is 4.01. The fraction of sp³-hybridized carbons (Fsp3) is 0.200. The quantitative estimate of drug-likeness (QED) is 0.864. The maximum Gasteiger partial charge on any atom is 0.422 e. The molecule has 2 N–H and O–H groups in total. The van der Waals surface area contributed by atoms with Crippen LogP contribution in [0.3, 0.4) is 0 Å². The number of methoxy groups -OCH3 is 1. The predicted molar refractivity (Wildman–Crippen MR) is 57.9 cm³/mol. The van der Waals surface area contributed by atoms with Gasteiger partial charge in [-0.1, -0.05) is 11.3 Å². The summed E-state index contributed by atoms with van der Waals surface area (Å²) in [5.74, 6) is 0. The van der Waals surface area contributed by atoms with E-state index in [1.54, 1.807) is 4.72 Å². The van der Waals surface area contributed by atoms with E-state index in [4.69, 9.17) is 0 Å². The summed E-state index contributed by atoms with van der Waals surface area (Å²) in [5.41, 5.74) is 0. The van der Waals surface area contributed by atoms with Crippen molar-refractivity contribution in [3.63, 3.8) is 0 Å². The summed E-state index contributed by atoms with van der Waals surface area (Å²) in [6.07, 6.45) is 0.360. The fourth-order valence-corrected chi connectivity index (χ4v) is 2.68. The second kappa shape index (κ2) is 4.77. The summed E-state index contributed by atoms with van der Waals surface area (Å²) in [7, 11) is -2.92. The zero-order chi connectivity index (χ0) is 11.5. The lowest BCUT2D eigenvalue weighted by Gasteiger charge is -2.04. The number of nitrogens with zero attached hydrogens (tertiary/aromatic N) is 1. The van der Waals surface area contributed by atoms with Crippen LogP contribution in [0.5, 0.6) is 0 Å². The van der Waals surface area contributed by atoms with E-state index >= 15 is 0 Å². The molecule has 0 saturated heterocycles. The molecule has 0 fully saturated rings. The molecule has 1 aromatic heterocycles. The molecule has 0 aliphatic rings. The number of ether oxygens (including phenoxy) is 1. The molecule has 1 aromatic rings. The first-order chi connectivity index (χ1) is 6.93. The van der Waals surface area contributed by atoms with E-state index in [1.165, 1.54) is 6.20 Å². The fourth-order valence-electron chi connectivity index (χ4n) is 0.593. The van der Waals surface area contributed by atoms with E-state index in [-0.39, 0.29) is 5.13 Å². The van der Waals surface area contributed by atoms with Crippen LogP contribution in [0.15, 0.2) is 9.98 Å². The Morgan fingerprint density at radius 2 is 2.33 bits per heavy atom. The molecule has 0 aliphatic heterocycles. The van der Waals surface area contributed by atoms with E-state index in [2.05, 4.69) is 25.7 Å². The third-order valence-electron chi connectivity index (χ3n) is 1.10. The maximum absolute atomic E-state index is 11.2. The van der Waals surface area contributed by atoms with Crippen molar-refractivity contribution < 1.29 is 17.9 Å². The largest absolute Gasteiger partial charge is 0.452 e. The molecule has 0 saturated carbocycles. The molecule has 1 amide bonds. The summed E-state index contributed by atoms with van der Waals surface area (Å²) in [6.45, 7) is 0. The van der Waals surface area contributed by atoms with Gasteiger partial charge in [0.1, 0.15) is 0 Å². The average molecular weight is 316 g/mol. The van der Waals surface area contributed by atoms with Crippen molar-refractivity contribution in [3.8, 4) is 0 Å². The summed E-state index contributed by atoms with van der Waals surface area (Å²) in [5, 5.41) is 0.137. The molecule has 0 radical (unpaired) electrons. The van der Waals surface area contributed by atoms with Gasteiger partial charge in [0, 0.05) is 0 Å². The molecule has 10 heteroatoms. The molecule has 7 nitrogen and oxygen atoms in total. The highest BCUT2D eigenvalue weighted by Gasteiger charge is 2.15. The number of carbonyl (C=O) groups excluding carboxylic acids is 1. The Labute approximate surface area is 98.2 Å². The van der Waals surface area contributed by atoms with Crippen LogP contribution < -0.4 is 9.44 Å². The van der Waals surface area contributed by atoms with E-state index < -0.39 is 16.3 Å². The lowest BCUT2D eigenvalue weighted by molar-refractivity contribution is 0.177. The highest BCUT2D eigenvalue weighted by atomic mass is 79.9. The number of carbonyl (C=O) groups is 1. The minimum atomic E-state index is -3.98. The summed E-state index contributed by atoms with van der Waals surface area (Å²) in [6, 6.07) is 0. The van der Waals surface area contributed by atoms with Gasteiger partial charge in [-0.3, -0.25) is 0 Å². The van der Waals surface area contributed by atoms with Gasteiger partial charge < -0.3 is 4.74 Å². The number of thiazole rings is 1. The number of hydrogen-bond donors (Lipinski definition) is 2. The Morgan fingerprint density at radius 1 is 1.67 bits per heavy atom. The van der Waals surface area contributed by atoms with Gasteiger partial charge in [-0.2, -0.15) is 8.42 Å². The van der Waals surface area contributed by atoms with Crippen molar-refractivity contribution >= 4 is 48.7 Å². The Hall–Kier alpha value is -0.870. The lowest BCUT2D eigenvalue weighted by Crippen LogP contribution is -2.35. The number of rotatable bonds is 3. The number of aromatic nitrogens is 1. The molecular formula is C5H6BrN3O4S2. The first-order valence-electron chi connectivity index (χ1n) is 3.43. The molecule has 84 valence electrons. The maximum atomic E-state index is 11.2.